The molecule has 0 aromatic heterocycles. The SMILES string of the molecule is CCC1C(=O)NC(=O)CN1C(=O)c1cc(C)cc(C)c1. The molecule has 1 heterocycles. The van der Waals surface area contributed by atoms with Gasteiger partial charge in [-0.1, -0.05) is 24.1 Å². The molecule has 0 bridgehead atoms. The second kappa shape index (κ2) is 5.45. The fourth-order valence-corrected chi connectivity index (χ4v) is 2.55. The third kappa shape index (κ3) is 2.71. The van der Waals surface area contributed by atoms with Gasteiger partial charge < -0.3 is 4.90 Å². The van der Waals surface area contributed by atoms with E-state index in [-0.39, 0.29) is 12.5 Å². The maximum Gasteiger partial charge on any atom is 0.255 e. The van der Waals surface area contributed by atoms with Gasteiger partial charge in [-0.2, -0.15) is 0 Å². The number of amides is 3. The van der Waals surface area contributed by atoms with E-state index in [1.165, 1.54) is 4.90 Å². The van der Waals surface area contributed by atoms with Crippen molar-refractivity contribution in [1.29, 1.82) is 0 Å². The quantitative estimate of drug-likeness (QED) is 0.824. The zero-order valence-electron chi connectivity index (χ0n) is 11.9. The minimum atomic E-state index is -0.582. The summed E-state index contributed by atoms with van der Waals surface area (Å²) in [5, 5.41) is 2.27. The van der Waals surface area contributed by atoms with Crippen molar-refractivity contribution >= 4 is 17.7 Å². The molecule has 1 saturated heterocycles. The standard InChI is InChI=1S/C15H18N2O3/c1-4-12-14(19)16-13(18)8-17(12)15(20)11-6-9(2)5-10(3)7-11/h5-7,12H,4,8H2,1-3H3,(H,16,18,19). The van der Waals surface area contributed by atoms with Crippen LogP contribution in [0.25, 0.3) is 0 Å². The van der Waals surface area contributed by atoms with E-state index in [4.69, 9.17) is 0 Å². The predicted molar refractivity (Wildman–Crippen MR) is 74.2 cm³/mol. The molecule has 0 spiro atoms. The van der Waals surface area contributed by atoms with Crippen LogP contribution >= 0.6 is 0 Å². The van der Waals surface area contributed by atoms with E-state index in [1.807, 2.05) is 26.8 Å². The molecule has 0 aliphatic carbocycles. The zero-order valence-corrected chi connectivity index (χ0v) is 11.9. The van der Waals surface area contributed by atoms with Crippen molar-refractivity contribution in [1.82, 2.24) is 10.2 Å². The summed E-state index contributed by atoms with van der Waals surface area (Å²) in [5.74, 6) is -1.11. The first-order valence-corrected chi connectivity index (χ1v) is 6.65. The highest BCUT2D eigenvalue weighted by Crippen LogP contribution is 2.16. The molecule has 20 heavy (non-hydrogen) atoms. The maximum atomic E-state index is 12.6. The summed E-state index contributed by atoms with van der Waals surface area (Å²) in [6, 6.07) is 4.95. The number of piperazine rings is 1. The Morgan fingerprint density at radius 1 is 1.25 bits per heavy atom. The average molecular weight is 274 g/mol. The lowest BCUT2D eigenvalue weighted by Gasteiger charge is -2.33. The van der Waals surface area contributed by atoms with Crippen molar-refractivity contribution in [2.45, 2.75) is 33.2 Å². The molecule has 5 heteroatoms. The Hall–Kier alpha value is -2.17. The molecule has 106 valence electrons. The van der Waals surface area contributed by atoms with E-state index in [9.17, 15) is 14.4 Å². The van der Waals surface area contributed by atoms with E-state index < -0.39 is 17.9 Å². The van der Waals surface area contributed by atoms with Crippen LogP contribution in [-0.4, -0.2) is 35.2 Å². The van der Waals surface area contributed by atoms with Gasteiger partial charge in [0.25, 0.3) is 5.91 Å². The normalized spacial score (nSPS) is 18.9. The minimum absolute atomic E-state index is 0.0733. The zero-order chi connectivity index (χ0) is 14.9. The maximum absolute atomic E-state index is 12.6. The summed E-state index contributed by atoms with van der Waals surface area (Å²) in [6.45, 7) is 5.57. The van der Waals surface area contributed by atoms with Gasteiger partial charge in [-0.05, 0) is 32.4 Å². The highest BCUT2D eigenvalue weighted by atomic mass is 16.2. The van der Waals surface area contributed by atoms with E-state index in [1.54, 1.807) is 12.1 Å². The summed E-state index contributed by atoms with van der Waals surface area (Å²) in [5.41, 5.74) is 2.48. The first-order valence-electron chi connectivity index (χ1n) is 6.65. The molecule has 5 nitrogen and oxygen atoms in total. The second-order valence-electron chi connectivity index (χ2n) is 5.15. The van der Waals surface area contributed by atoms with Crippen molar-refractivity contribution in [2.24, 2.45) is 0 Å². The number of rotatable bonds is 2. The number of carbonyl (C=O) groups excluding carboxylic acids is 3. The molecular weight excluding hydrogens is 256 g/mol. The molecule has 0 radical (unpaired) electrons. The fraction of sp³-hybridized carbons (Fsp3) is 0.400. The van der Waals surface area contributed by atoms with Crippen molar-refractivity contribution in [2.75, 3.05) is 6.54 Å². The smallest absolute Gasteiger partial charge is 0.255 e. The number of hydrogen-bond donors (Lipinski definition) is 1. The number of nitrogens with one attached hydrogen (secondary N) is 1. The lowest BCUT2D eigenvalue weighted by molar-refractivity contribution is -0.138. The number of hydrogen-bond acceptors (Lipinski definition) is 3. The molecule has 1 N–H and O–H groups in total. The Labute approximate surface area is 118 Å². The molecule has 3 amide bonds. The summed E-state index contributed by atoms with van der Waals surface area (Å²) in [4.78, 5) is 37.2. The van der Waals surface area contributed by atoms with Crippen LogP contribution in [0, 0.1) is 13.8 Å². The number of carbonyl (C=O) groups is 3. The Morgan fingerprint density at radius 3 is 2.40 bits per heavy atom. The third-order valence-electron chi connectivity index (χ3n) is 3.37. The molecule has 0 saturated carbocycles. The largest absolute Gasteiger partial charge is 0.317 e. The van der Waals surface area contributed by atoms with Gasteiger partial charge in [-0.3, -0.25) is 19.7 Å². The van der Waals surface area contributed by atoms with Gasteiger partial charge in [0.2, 0.25) is 11.8 Å². The van der Waals surface area contributed by atoms with Crippen LogP contribution in [0.1, 0.15) is 34.8 Å². The molecule has 1 atom stereocenters. The number of imide groups is 1. The van der Waals surface area contributed by atoms with Crippen molar-refractivity contribution in [3.8, 4) is 0 Å². The number of nitrogens with zero attached hydrogens (tertiary/aromatic N) is 1. The van der Waals surface area contributed by atoms with E-state index in [0.717, 1.165) is 11.1 Å². The molecule has 1 aromatic rings. The van der Waals surface area contributed by atoms with Crippen LogP contribution in [0.15, 0.2) is 18.2 Å². The lowest BCUT2D eigenvalue weighted by Crippen LogP contribution is -2.59. The lowest BCUT2D eigenvalue weighted by atomic mass is 10.0. The van der Waals surface area contributed by atoms with Crippen LogP contribution in [0.2, 0.25) is 0 Å². The number of aryl methyl sites for hydroxylation is 2. The monoisotopic (exact) mass is 274 g/mol. The van der Waals surface area contributed by atoms with E-state index in [0.29, 0.717) is 12.0 Å². The Bertz CT molecular complexity index is 560. The summed E-state index contributed by atoms with van der Waals surface area (Å²) in [7, 11) is 0. The van der Waals surface area contributed by atoms with Gasteiger partial charge in [0.1, 0.15) is 12.6 Å². The van der Waals surface area contributed by atoms with Crippen LogP contribution < -0.4 is 5.32 Å². The molecule has 2 rings (SSSR count). The van der Waals surface area contributed by atoms with Gasteiger partial charge in [0.15, 0.2) is 0 Å². The fourth-order valence-electron chi connectivity index (χ4n) is 2.55. The minimum Gasteiger partial charge on any atom is -0.317 e. The van der Waals surface area contributed by atoms with Gasteiger partial charge in [0.05, 0.1) is 0 Å². The van der Waals surface area contributed by atoms with Gasteiger partial charge in [-0.15, -0.1) is 0 Å². The van der Waals surface area contributed by atoms with Gasteiger partial charge in [-0.25, -0.2) is 0 Å². The summed E-state index contributed by atoms with van der Waals surface area (Å²) >= 11 is 0. The van der Waals surface area contributed by atoms with Crippen molar-refractivity contribution in [3.63, 3.8) is 0 Å². The molecular formula is C15H18N2O3. The van der Waals surface area contributed by atoms with E-state index >= 15 is 0 Å². The predicted octanol–water partition coefficient (Wildman–Crippen LogP) is 1.18. The highest BCUT2D eigenvalue weighted by molar-refractivity contribution is 6.07. The molecule has 1 aliphatic rings. The Morgan fingerprint density at radius 2 is 1.85 bits per heavy atom. The Balaban J connectivity index is 2.34. The topological polar surface area (TPSA) is 66.5 Å². The first kappa shape index (κ1) is 14.2. The summed E-state index contributed by atoms with van der Waals surface area (Å²) < 4.78 is 0. The van der Waals surface area contributed by atoms with Gasteiger partial charge >= 0.3 is 0 Å². The molecule has 1 fully saturated rings. The van der Waals surface area contributed by atoms with E-state index in [2.05, 4.69) is 5.32 Å². The second-order valence-corrected chi connectivity index (χ2v) is 5.15. The van der Waals surface area contributed by atoms with Crippen LogP contribution in [0.3, 0.4) is 0 Å². The average Bonchev–Trinajstić information content (AvgIpc) is 2.35. The van der Waals surface area contributed by atoms with Crippen molar-refractivity contribution in [3.05, 3.63) is 34.9 Å². The van der Waals surface area contributed by atoms with Crippen LogP contribution in [0.5, 0.6) is 0 Å². The molecule has 1 unspecified atom stereocenters. The van der Waals surface area contributed by atoms with Crippen LogP contribution in [0.4, 0.5) is 0 Å². The first-order chi connectivity index (χ1) is 9.42. The van der Waals surface area contributed by atoms with Gasteiger partial charge in [0, 0.05) is 5.56 Å². The number of benzene rings is 1. The van der Waals surface area contributed by atoms with Crippen LogP contribution in [-0.2, 0) is 9.59 Å². The third-order valence-corrected chi connectivity index (χ3v) is 3.37. The van der Waals surface area contributed by atoms with Crippen molar-refractivity contribution < 1.29 is 14.4 Å². The summed E-state index contributed by atoms with van der Waals surface area (Å²) in [6.07, 6.45) is 0.482. The highest BCUT2D eigenvalue weighted by Gasteiger charge is 2.35. The molecule has 1 aromatic carbocycles. The Kier molecular flexibility index (Phi) is 3.88. The molecule has 1 aliphatic heterocycles.